The number of rotatable bonds is 3. The number of allylic oxidation sites excluding steroid dienone is 1. The quantitative estimate of drug-likeness (QED) is 0.658. The average molecular weight is 239 g/mol. The first-order valence-electron chi connectivity index (χ1n) is 5.76. The molecule has 0 unspecified atom stereocenters. The molecule has 90 valence electrons. The number of nitrogens with zero attached hydrogens (tertiary/aromatic N) is 5. The molecule has 0 aliphatic heterocycles. The number of aromatic nitrogens is 5. The highest BCUT2D eigenvalue weighted by Gasteiger charge is 2.11. The van der Waals surface area contributed by atoms with E-state index in [0.717, 1.165) is 11.2 Å². The average Bonchev–Trinajstić information content (AvgIpc) is 2.92. The molecule has 0 amide bonds. The van der Waals surface area contributed by atoms with Crippen LogP contribution in [0.1, 0.15) is 5.69 Å². The summed E-state index contributed by atoms with van der Waals surface area (Å²) in [7, 11) is 0. The Morgan fingerprint density at radius 3 is 3.00 bits per heavy atom. The summed E-state index contributed by atoms with van der Waals surface area (Å²) in [6, 6.07) is 10.3. The molecule has 0 aliphatic carbocycles. The second-order valence-corrected chi connectivity index (χ2v) is 4.11. The first-order valence-corrected chi connectivity index (χ1v) is 5.76. The summed E-state index contributed by atoms with van der Waals surface area (Å²) >= 11 is 0. The molecule has 2 aromatic heterocycles. The molecule has 0 spiro atoms. The predicted octanol–water partition coefficient (Wildman–Crippen LogP) is 2.11. The van der Waals surface area contributed by atoms with Gasteiger partial charge in [-0.25, -0.2) is 0 Å². The monoisotopic (exact) mass is 239 g/mol. The van der Waals surface area contributed by atoms with Gasteiger partial charge < -0.3 is 0 Å². The van der Waals surface area contributed by atoms with Gasteiger partial charge in [-0.05, 0) is 24.3 Å². The number of aryl methyl sites for hydroxylation is 1. The van der Waals surface area contributed by atoms with E-state index in [2.05, 4.69) is 40.2 Å². The second kappa shape index (κ2) is 4.10. The molecule has 1 aromatic carbocycles. The molecule has 0 N–H and O–H groups in total. The lowest BCUT2D eigenvalue weighted by molar-refractivity contribution is 0.582. The van der Waals surface area contributed by atoms with Crippen molar-refractivity contribution in [3.63, 3.8) is 0 Å². The molecule has 5 nitrogen and oxygen atoms in total. The van der Waals surface area contributed by atoms with E-state index in [4.69, 9.17) is 0 Å². The van der Waals surface area contributed by atoms with E-state index < -0.39 is 0 Å². The standard InChI is InChI=1S/C13H13N5/c1-3-8-17-15-13(14-16-17)18-10(2)9-11-6-4-5-7-12(11)18/h3-7,9H,1,8H2,2H3. The summed E-state index contributed by atoms with van der Waals surface area (Å²) in [5.41, 5.74) is 2.18. The van der Waals surface area contributed by atoms with Gasteiger partial charge in [-0.1, -0.05) is 29.4 Å². The molecule has 0 atom stereocenters. The molecular formula is C13H13N5. The van der Waals surface area contributed by atoms with Crippen molar-refractivity contribution in [3.8, 4) is 5.95 Å². The van der Waals surface area contributed by atoms with E-state index in [9.17, 15) is 0 Å². The Kier molecular flexibility index (Phi) is 2.44. The van der Waals surface area contributed by atoms with Crippen molar-refractivity contribution in [3.05, 3.63) is 48.7 Å². The number of tetrazole rings is 1. The maximum absolute atomic E-state index is 4.34. The molecule has 5 heteroatoms. The summed E-state index contributed by atoms with van der Waals surface area (Å²) in [6.45, 7) is 6.26. The van der Waals surface area contributed by atoms with Crippen LogP contribution >= 0.6 is 0 Å². The first-order chi connectivity index (χ1) is 8.79. The highest BCUT2D eigenvalue weighted by Crippen LogP contribution is 2.21. The third-order valence-corrected chi connectivity index (χ3v) is 2.83. The molecular weight excluding hydrogens is 226 g/mol. The van der Waals surface area contributed by atoms with Crippen LogP contribution in [-0.2, 0) is 6.54 Å². The molecule has 0 aliphatic rings. The van der Waals surface area contributed by atoms with Crippen LogP contribution in [0.2, 0.25) is 0 Å². The van der Waals surface area contributed by atoms with Crippen LogP contribution in [0.5, 0.6) is 0 Å². The van der Waals surface area contributed by atoms with Crippen LogP contribution in [0.15, 0.2) is 43.0 Å². The van der Waals surface area contributed by atoms with Crippen LogP contribution in [0, 0.1) is 6.92 Å². The van der Waals surface area contributed by atoms with Gasteiger partial charge in [0.05, 0.1) is 12.1 Å². The van der Waals surface area contributed by atoms with Gasteiger partial charge in [0.2, 0.25) is 0 Å². The lowest BCUT2D eigenvalue weighted by Crippen LogP contribution is -2.02. The summed E-state index contributed by atoms with van der Waals surface area (Å²) in [5.74, 6) is 0.593. The van der Waals surface area contributed by atoms with E-state index in [0.29, 0.717) is 12.5 Å². The van der Waals surface area contributed by atoms with Crippen molar-refractivity contribution in [2.75, 3.05) is 0 Å². The van der Waals surface area contributed by atoms with E-state index in [1.165, 1.54) is 10.2 Å². The van der Waals surface area contributed by atoms with Crippen molar-refractivity contribution in [1.82, 2.24) is 24.8 Å². The van der Waals surface area contributed by atoms with Crippen molar-refractivity contribution < 1.29 is 0 Å². The largest absolute Gasteiger partial charge is 0.280 e. The summed E-state index contributed by atoms with van der Waals surface area (Å²) in [6.07, 6.45) is 1.74. The van der Waals surface area contributed by atoms with E-state index >= 15 is 0 Å². The Hall–Kier alpha value is -2.43. The van der Waals surface area contributed by atoms with Crippen molar-refractivity contribution in [2.24, 2.45) is 0 Å². The van der Waals surface area contributed by atoms with Gasteiger partial charge in [-0.15, -0.1) is 11.7 Å². The molecule has 0 radical (unpaired) electrons. The van der Waals surface area contributed by atoms with Crippen LogP contribution < -0.4 is 0 Å². The van der Waals surface area contributed by atoms with Gasteiger partial charge in [0.1, 0.15) is 0 Å². The minimum atomic E-state index is 0.561. The number of fused-ring (bicyclic) bond motifs is 1. The van der Waals surface area contributed by atoms with Gasteiger partial charge >= 0.3 is 0 Å². The molecule has 18 heavy (non-hydrogen) atoms. The lowest BCUT2D eigenvalue weighted by Gasteiger charge is -2.01. The zero-order valence-corrected chi connectivity index (χ0v) is 10.1. The lowest BCUT2D eigenvalue weighted by atomic mass is 10.2. The van der Waals surface area contributed by atoms with E-state index in [1.807, 2.05) is 23.6 Å². The highest BCUT2D eigenvalue weighted by molar-refractivity contribution is 5.82. The third-order valence-electron chi connectivity index (χ3n) is 2.83. The summed E-state index contributed by atoms with van der Waals surface area (Å²) in [4.78, 5) is 1.52. The van der Waals surface area contributed by atoms with Crippen LogP contribution in [0.25, 0.3) is 16.9 Å². The molecule has 3 rings (SSSR count). The molecule has 0 fully saturated rings. The predicted molar refractivity (Wildman–Crippen MR) is 69.6 cm³/mol. The minimum Gasteiger partial charge on any atom is -0.280 e. The maximum atomic E-state index is 4.34. The molecule has 2 heterocycles. The smallest absolute Gasteiger partial charge is 0.274 e. The second-order valence-electron chi connectivity index (χ2n) is 4.11. The summed E-state index contributed by atoms with van der Waals surface area (Å²) in [5, 5.41) is 13.6. The molecule has 0 saturated carbocycles. The minimum absolute atomic E-state index is 0.561. The van der Waals surface area contributed by atoms with Gasteiger partial charge in [-0.3, -0.25) is 4.57 Å². The van der Waals surface area contributed by atoms with Gasteiger partial charge in [0, 0.05) is 11.1 Å². The third kappa shape index (κ3) is 1.60. The SMILES string of the molecule is C=CCn1nnc(-n2c(C)cc3ccccc32)n1. The van der Waals surface area contributed by atoms with Crippen LogP contribution in [0.4, 0.5) is 0 Å². The normalized spacial score (nSPS) is 10.9. The van der Waals surface area contributed by atoms with Crippen molar-refractivity contribution >= 4 is 10.9 Å². The first kappa shape index (κ1) is 10.7. The maximum Gasteiger partial charge on any atom is 0.274 e. The van der Waals surface area contributed by atoms with Gasteiger partial charge in [-0.2, -0.15) is 4.80 Å². The molecule has 0 saturated heterocycles. The van der Waals surface area contributed by atoms with E-state index in [1.54, 1.807) is 6.08 Å². The van der Waals surface area contributed by atoms with Crippen molar-refractivity contribution in [2.45, 2.75) is 13.5 Å². The Morgan fingerprint density at radius 2 is 2.17 bits per heavy atom. The number of hydrogen-bond donors (Lipinski definition) is 0. The van der Waals surface area contributed by atoms with Crippen molar-refractivity contribution in [1.29, 1.82) is 0 Å². The highest BCUT2D eigenvalue weighted by atomic mass is 15.6. The van der Waals surface area contributed by atoms with Crippen LogP contribution in [0.3, 0.4) is 0 Å². The fraction of sp³-hybridized carbons (Fsp3) is 0.154. The topological polar surface area (TPSA) is 48.5 Å². The Morgan fingerprint density at radius 1 is 1.33 bits per heavy atom. The Labute approximate surface area is 104 Å². The fourth-order valence-electron chi connectivity index (χ4n) is 2.08. The number of para-hydroxylation sites is 1. The zero-order valence-electron chi connectivity index (χ0n) is 10.1. The number of hydrogen-bond acceptors (Lipinski definition) is 3. The number of benzene rings is 1. The fourth-order valence-corrected chi connectivity index (χ4v) is 2.08. The Balaban J connectivity index is 2.17. The van der Waals surface area contributed by atoms with Gasteiger partial charge in [0.25, 0.3) is 5.95 Å². The molecule has 3 aromatic rings. The van der Waals surface area contributed by atoms with Crippen LogP contribution in [-0.4, -0.2) is 24.8 Å². The Bertz CT molecular complexity index is 707. The van der Waals surface area contributed by atoms with E-state index in [-0.39, 0.29) is 0 Å². The zero-order chi connectivity index (χ0) is 12.5. The molecule has 0 bridgehead atoms. The summed E-state index contributed by atoms with van der Waals surface area (Å²) < 4.78 is 2.00. The van der Waals surface area contributed by atoms with Gasteiger partial charge in [0.15, 0.2) is 0 Å².